The summed E-state index contributed by atoms with van der Waals surface area (Å²) in [5.74, 6) is -1.59. The minimum Gasteiger partial charge on any atom is -0.406 e. The zero-order chi connectivity index (χ0) is 26.1. The van der Waals surface area contributed by atoms with Crippen molar-refractivity contribution >= 4 is 23.2 Å². The van der Waals surface area contributed by atoms with E-state index in [1.807, 2.05) is 0 Å². The van der Waals surface area contributed by atoms with Gasteiger partial charge in [0.1, 0.15) is 23.5 Å². The first-order valence-corrected chi connectivity index (χ1v) is 11.1. The largest absolute Gasteiger partial charge is 0.573 e. The van der Waals surface area contributed by atoms with Crippen LogP contribution >= 0.6 is 11.3 Å². The second-order valence-electron chi connectivity index (χ2n) is 7.18. The Kier molecular flexibility index (Phi) is 8.84. The fourth-order valence-corrected chi connectivity index (χ4v) is 3.60. The van der Waals surface area contributed by atoms with Gasteiger partial charge in [0.15, 0.2) is 5.69 Å². The van der Waals surface area contributed by atoms with Crippen molar-refractivity contribution in [1.29, 1.82) is 5.26 Å². The average molecular weight is 526 g/mol. The molecule has 36 heavy (non-hydrogen) atoms. The fourth-order valence-electron chi connectivity index (χ4n) is 2.83. The van der Waals surface area contributed by atoms with E-state index in [2.05, 4.69) is 35.9 Å². The van der Waals surface area contributed by atoms with E-state index in [1.165, 1.54) is 18.3 Å². The van der Waals surface area contributed by atoms with Crippen molar-refractivity contribution in [3.8, 4) is 11.8 Å². The van der Waals surface area contributed by atoms with Crippen LogP contribution < -0.4 is 15.4 Å². The van der Waals surface area contributed by atoms with Gasteiger partial charge in [-0.1, -0.05) is 28.7 Å². The van der Waals surface area contributed by atoms with Gasteiger partial charge >= 0.3 is 6.36 Å². The molecular weight excluding hydrogens is 508 g/mol. The average Bonchev–Trinajstić information content (AvgIpc) is 3.49. The summed E-state index contributed by atoms with van der Waals surface area (Å²) >= 11 is 0.993. The molecule has 2 aromatic heterocycles. The van der Waals surface area contributed by atoms with Crippen molar-refractivity contribution < 1.29 is 31.9 Å². The topological polar surface area (TPSA) is 148 Å². The highest BCUT2D eigenvalue weighted by molar-refractivity contribution is 7.13. The molecule has 190 valence electrons. The van der Waals surface area contributed by atoms with E-state index in [0.717, 1.165) is 28.2 Å². The molecule has 2 heterocycles. The van der Waals surface area contributed by atoms with E-state index >= 15 is 0 Å². The van der Waals surface area contributed by atoms with Crippen LogP contribution in [0, 0.1) is 11.3 Å². The number of ether oxygens (including phenoxy) is 1. The molecule has 2 amide bonds. The summed E-state index contributed by atoms with van der Waals surface area (Å²) in [5.41, 5.74) is 0.269. The SMILES string of the molecule is N#CCNC(=O)c1nnc(CCC(F)Cn2cc(C(=O)NCc3cccc(OC(F)(F)F)c3)nn2)s1. The van der Waals surface area contributed by atoms with Crippen molar-refractivity contribution in [2.45, 2.75) is 38.5 Å². The van der Waals surface area contributed by atoms with Gasteiger partial charge in [0, 0.05) is 13.0 Å². The molecule has 0 aliphatic heterocycles. The van der Waals surface area contributed by atoms with Crippen LogP contribution in [0.1, 0.15) is 37.3 Å². The highest BCUT2D eigenvalue weighted by Crippen LogP contribution is 2.23. The highest BCUT2D eigenvalue weighted by Gasteiger charge is 2.31. The molecule has 0 spiro atoms. The van der Waals surface area contributed by atoms with E-state index in [0.29, 0.717) is 10.6 Å². The van der Waals surface area contributed by atoms with Crippen LogP contribution in [-0.4, -0.2) is 56.1 Å². The fraction of sp³-hybridized carbons (Fsp3) is 0.350. The molecule has 0 saturated carbocycles. The van der Waals surface area contributed by atoms with Crippen molar-refractivity contribution in [3.05, 3.63) is 51.7 Å². The van der Waals surface area contributed by atoms with Gasteiger partial charge in [-0.2, -0.15) is 5.26 Å². The third-order valence-electron chi connectivity index (χ3n) is 4.40. The van der Waals surface area contributed by atoms with Crippen LogP contribution in [0.25, 0.3) is 0 Å². The lowest BCUT2D eigenvalue weighted by atomic mass is 10.2. The number of halogens is 4. The molecule has 0 aliphatic carbocycles. The van der Waals surface area contributed by atoms with Crippen LogP contribution in [0.5, 0.6) is 5.75 Å². The zero-order valence-corrected chi connectivity index (χ0v) is 19.1. The van der Waals surface area contributed by atoms with Gasteiger partial charge in [0.25, 0.3) is 11.8 Å². The maximum atomic E-state index is 14.4. The number of aromatic nitrogens is 5. The van der Waals surface area contributed by atoms with Crippen molar-refractivity contribution in [3.63, 3.8) is 0 Å². The summed E-state index contributed by atoms with van der Waals surface area (Å²) < 4.78 is 56.4. The third kappa shape index (κ3) is 8.27. The number of carbonyl (C=O) groups is 2. The molecule has 1 aromatic carbocycles. The van der Waals surface area contributed by atoms with E-state index < -0.39 is 30.1 Å². The molecule has 16 heteroatoms. The van der Waals surface area contributed by atoms with Gasteiger partial charge in [-0.05, 0) is 24.1 Å². The summed E-state index contributed by atoms with van der Waals surface area (Å²) in [6, 6.07) is 6.90. The Balaban J connectivity index is 1.45. The quantitative estimate of drug-likeness (QED) is 0.285. The first kappa shape index (κ1) is 26.5. The molecule has 2 N–H and O–H groups in total. The molecule has 0 saturated heterocycles. The molecule has 0 fully saturated rings. The van der Waals surface area contributed by atoms with E-state index in [4.69, 9.17) is 5.26 Å². The van der Waals surface area contributed by atoms with Crippen LogP contribution in [-0.2, 0) is 19.5 Å². The molecule has 0 radical (unpaired) electrons. The first-order valence-electron chi connectivity index (χ1n) is 10.3. The number of aryl methyl sites for hydroxylation is 1. The van der Waals surface area contributed by atoms with Crippen LogP contribution in [0.3, 0.4) is 0 Å². The van der Waals surface area contributed by atoms with Gasteiger partial charge in [-0.3, -0.25) is 9.59 Å². The minimum absolute atomic E-state index is 0.0478. The third-order valence-corrected chi connectivity index (χ3v) is 5.38. The van der Waals surface area contributed by atoms with Crippen LogP contribution in [0.15, 0.2) is 30.5 Å². The second kappa shape index (κ2) is 12.0. The Labute approximate surface area is 205 Å². The number of hydrogen-bond acceptors (Lipinski definition) is 9. The van der Waals surface area contributed by atoms with E-state index in [1.54, 1.807) is 6.07 Å². The minimum atomic E-state index is -4.83. The number of nitrogens with zero attached hydrogens (tertiary/aromatic N) is 6. The number of nitriles is 1. The Morgan fingerprint density at radius 2 is 2.00 bits per heavy atom. The number of amides is 2. The lowest BCUT2D eigenvalue weighted by molar-refractivity contribution is -0.274. The highest BCUT2D eigenvalue weighted by atomic mass is 32.1. The number of benzene rings is 1. The van der Waals surface area contributed by atoms with Crippen molar-refractivity contribution in [2.24, 2.45) is 0 Å². The van der Waals surface area contributed by atoms with Gasteiger partial charge in [-0.25, -0.2) is 9.07 Å². The first-order chi connectivity index (χ1) is 17.1. The van der Waals surface area contributed by atoms with Gasteiger partial charge < -0.3 is 15.4 Å². The number of rotatable bonds is 11. The Morgan fingerprint density at radius 3 is 2.75 bits per heavy atom. The van der Waals surface area contributed by atoms with Gasteiger partial charge in [-0.15, -0.1) is 28.5 Å². The summed E-state index contributed by atoms with van der Waals surface area (Å²) in [6.45, 7) is -0.446. The maximum absolute atomic E-state index is 14.4. The van der Waals surface area contributed by atoms with Crippen LogP contribution in [0.2, 0.25) is 0 Å². The van der Waals surface area contributed by atoms with Crippen LogP contribution in [0.4, 0.5) is 17.6 Å². The van der Waals surface area contributed by atoms with Crippen molar-refractivity contribution in [1.82, 2.24) is 35.8 Å². The summed E-state index contributed by atoms with van der Waals surface area (Å²) in [4.78, 5) is 24.0. The smallest absolute Gasteiger partial charge is 0.406 e. The van der Waals surface area contributed by atoms with E-state index in [-0.39, 0.29) is 43.2 Å². The monoisotopic (exact) mass is 526 g/mol. The summed E-state index contributed by atoms with van der Waals surface area (Å²) in [7, 11) is 0. The molecule has 3 rings (SSSR count). The molecular formula is C20H18F4N8O3S. The molecule has 11 nitrogen and oxygen atoms in total. The molecule has 3 aromatic rings. The Bertz CT molecular complexity index is 1240. The lowest BCUT2D eigenvalue weighted by Gasteiger charge is -2.10. The maximum Gasteiger partial charge on any atom is 0.573 e. The number of alkyl halides is 4. The van der Waals surface area contributed by atoms with E-state index in [9.17, 15) is 27.2 Å². The number of hydrogen-bond donors (Lipinski definition) is 2. The number of carbonyl (C=O) groups excluding carboxylic acids is 2. The summed E-state index contributed by atoms with van der Waals surface area (Å²) in [6.07, 6.45) is -4.69. The second-order valence-corrected chi connectivity index (χ2v) is 8.24. The zero-order valence-electron chi connectivity index (χ0n) is 18.3. The lowest BCUT2D eigenvalue weighted by Crippen LogP contribution is -2.23. The van der Waals surface area contributed by atoms with Gasteiger partial charge in [0.05, 0.1) is 18.8 Å². The predicted molar refractivity (Wildman–Crippen MR) is 115 cm³/mol. The van der Waals surface area contributed by atoms with Gasteiger partial charge in [0.2, 0.25) is 5.01 Å². The Morgan fingerprint density at radius 1 is 1.19 bits per heavy atom. The Hall–Kier alpha value is -4.13. The summed E-state index contributed by atoms with van der Waals surface area (Å²) in [5, 5.41) is 28.8. The molecule has 0 aliphatic rings. The predicted octanol–water partition coefficient (Wildman–Crippen LogP) is 2.18. The molecule has 0 bridgehead atoms. The molecule has 1 atom stereocenters. The van der Waals surface area contributed by atoms with Crippen molar-refractivity contribution in [2.75, 3.05) is 6.54 Å². The number of nitrogens with one attached hydrogen (secondary N) is 2. The normalized spacial score (nSPS) is 12.0. The standard InChI is InChI=1S/C20H18F4N8O3S/c21-13(4-5-16-29-30-19(36-16)18(34)26-7-6-25)10-32-11-15(28-31-32)17(33)27-9-12-2-1-3-14(8-12)35-20(22,23)24/h1-3,8,11,13H,4-5,7,9-10H2,(H,26,34)(H,27,33). The molecule has 1 unspecified atom stereocenters.